The van der Waals surface area contributed by atoms with E-state index in [0.717, 1.165) is 29.9 Å². The summed E-state index contributed by atoms with van der Waals surface area (Å²) in [4.78, 5) is 2.52. The van der Waals surface area contributed by atoms with Crippen molar-refractivity contribution < 1.29 is 17.9 Å². The Bertz CT molecular complexity index is 535. The topological polar surface area (TPSA) is 24.5 Å². The van der Waals surface area contributed by atoms with E-state index in [1.165, 1.54) is 25.2 Å². The van der Waals surface area contributed by atoms with Crippen molar-refractivity contribution in [3.05, 3.63) is 29.8 Å². The number of alkyl halides is 3. The number of nitrogens with zero attached hydrogens (tertiary/aromatic N) is 1. The second-order valence-electron chi connectivity index (χ2n) is 6.87. The Morgan fingerprint density at radius 1 is 1.26 bits per heavy atom. The van der Waals surface area contributed by atoms with Crippen molar-refractivity contribution in [2.24, 2.45) is 17.8 Å². The molecule has 2 unspecified atom stereocenters. The van der Waals surface area contributed by atoms with Gasteiger partial charge in [-0.1, -0.05) is 12.1 Å². The molecule has 0 aromatic heterocycles. The highest BCUT2D eigenvalue weighted by atomic mass is 19.4. The summed E-state index contributed by atoms with van der Waals surface area (Å²) in [5, 5.41) is 3.37. The smallest absolute Gasteiger partial charge is 0.406 e. The molecule has 0 amide bonds. The molecule has 2 fully saturated rings. The number of nitrogens with one attached hydrogen (secondary N) is 1. The maximum absolute atomic E-state index is 12.2. The van der Waals surface area contributed by atoms with Gasteiger partial charge in [0.25, 0.3) is 0 Å². The third-order valence-electron chi connectivity index (χ3n) is 4.97. The van der Waals surface area contributed by atoms with E-state index >= 15 is 0 Å². The lowest BCUT2D eigenvalue weighted by molar-refractivity contribution is -0.274. The molecule has 2 aliphatic rings. The molecular formula is C17H23F3N2O. The number of hydrogen-bond acceptors (Lipinski definition) is 3. The highest BCUT2D eigenvalue weighted by Gasteiger charge is 2.55. The van der Waals surface area contributed by atoms with Crippen LogP contribution >= 0.6 is 0 Å². The number of halogens is 3. The van der Waals surface area contributed by atoms with Crippen LogP contribution in [0.2, 0.25) is 0 Å². The third-order valence-corrected chi connectivity index (χ3v) is 4.97. The summed E-state index contributed by atoms with van der Waals surface area (Å²) in [6.45, 7) is 8.33. The second-order valence-corrected chi connectivity index (χ2v) is 6.87. The molecule has 3 nitrogen and oxygen atoms in total. The summed E-state index contributed by atoms with van der Waals surface area (Å²) in [5.74, 6) is 2.15. The highest BCUT2D eigenvalue weighted by Crippen LogP contribution is 2.51. The van der Waals surface area contributed by atoms with Crippen LogP contribution in [-0.2, 0) is 6.54 Å². The van der Waals surface area contributed by atoms with Gasteiger partial charge in [0.05, 0.1) is 0 Å². The van der Waals surface area contributed by atoms with E-state index in [0.29, 0.717) is 12.6 Å². The van der Waals surface area contributed by atoms with Crippen molar-refractivity contribution in [3.63, 3.8) is 0 Å². The summed E-state index contributed by atoms with van der Waals surface area (Å²) in [5.41, 5.74) is 0.807. The molecule has 6 heteroatoms. The molecule has 23 heavy (non-hydrogen) atoms. The zero-order valence-electron chi connectivity index (χ0n) is 13.4. The lowest BCUT2D eigenvalue weighted by atomic mass is 10.2. The number of fused-ring (bicyclic) bond motifs is 1. The first-order chi connectivity index (χ1) is 10.8. The Morgan fingerprint density at radius 3 is 2.57 bits per heavy atom. The molecule has 0 bridgehead atoms. The number of piperidine rings is 1. The van der Waals surface area contributed by atoms with Gasteiger partial charge < -0.3 is 15.0 Å². The van der Waals surface area contributed by atoms with Crippen LogP contribution in [0.15, 0.2) is 24.3 Å². The van der Waals surface area contributed by atoms with E-state index < -0.39 is 6.36 Å². The Morgan fingerprint density at radius 2 is 1.96 bits per heavy atom. The first-order valence-electron chi connectivity index (χ1n) is 8.13. The molecule has 0 radical (unpaired) electrons. The van der Waals surface area contributed by atoms with E-state index in [1.807, 2.05) is 6.07 Å². The molecule has 1 N–H and O–H groups in total. The van der Waals surface area contributed by atoms with Crippen molar-refractivity contribution in [1.29, 1.82) is 0 Å². The lowest BCUT2D eigenvalue weighted by Gasteiger charge is -2.23. The molecular weight excluding hydrogens is 305 g/mol. The van der Waals surface area contributed by atoms with Crippen molar-refractivity contribution in [2.75, 3.05) is 19.6 Å². The van der Waals surface area contributed by atoms with Crippen LogP contribution in [0.3, 0.4) is 0 Å². The number of hydrogen-bond donors (Lipinski definition) is 1. The van der Waals surface area contributed by atoms with Gasteiger partial charge in [-0.3, -0.25) is 0 Å². The minimum atomic E-state index is -4.64. The van der Waals surface area contributed by atoms with Crippen LogP contribution in [0.4, 0.5) is 13.2 Å². The van der Waals surface area contributed by atoms with Gasteiger partial charge in [0.2, 0.25) is 0 Å². The lowest BCUT2D eigenvalue weighted by Crippen LogP contribution is -2.32. The fourth-order valence-electron chi connectivity index (χ4n) is 3.64. The summed E-state index contributed by atoms with van der Waals surface area (Å²) in [6, 6.07) is 6.78. The summed E-state index contributed by atoms with van der Waals surface area (Å²) in [6.07, 6.45) is -4.64. The standard InChI is InChI=1S/C17H23F3N2O/c1-11(2)22-9-15-14(16(15)10-22)8-21-7-12-4-3-5-13(6-12)23-17(18,19)20/h3-6,11,14-16,21H,7-10H2,1-2H3. The Balaban J connectivity index is 1.42. The van der Waals surface area contributed by atoms with Crippen LogP contribution in [0.25, 0.3) is 0 Å². The fourth-order valence-corrected chi connectivity index (χ4v) is 3.64. The van der Waals surface area contributed by atoms with Gasteiger partial charge in [0.15, 0.2) is 0 Å². The van der Waals surface area contributed by atoms with Gasteiger partial charge in [0.1, 0.15) is 5.75 Å². The van der Waals surface area contributed by atoms with Crippen molar-refractivity contribution in [1.82, 2.24) is 10.2 Å². The average molecular weight is 328 g/mol. The van der Waals surface area contributed by atoms with Crippen molar-refractivity contribution in [3.8, 4) is 5.75 Å². The van der Waals surface area contributed by atoms with Gasteiger partial charge in [-0.25, -0.2) is 0 Å². The highest BCUT2D eigenvalue weighted by molar-refractivity contribution is 5.28. The molecule has 1 saturated heterocycles. The molecule has 1 aromatic rings. The third kappa shape index (κ3) is 4.18. The SMILES string of the molecule is CC(C)N1CC2C(CNCc3cccc(OC(F)(F)F)c3)C2C1. The van der Waals surface area contributed by atoms with E-state index in [9.17, 15) is 13.2 Å². The molecule has 1 aliphatic carbocycles. The van der Waals surface area contributed by atoms with Gasteiger partial charge in [-0.05, 0) is 55.8 Å². The summed E-state index contributed by atoms with van der Waals surface area (Å²) >= 11 is 0. The monoisotopic (exact) mass is 328 g/mol. The summed E-state index contributed by atoms with van der Waals surface area (Å²) in [7, 11) is 0. The molecule has 1 aromatic carbocycles. The number of rotatable bonds is 6. The Kier molecular flexibility index (Phi) is 4.56. The number of likely N-dealkylation sites (tertiary alicyclic amines) is 1. The molecule has 0 spiro atoms. The minimum absolute atomic E-state index is 0.160. The molecule has 3 rings (SSSR count). The zero-order valence-corrected chi connectivity index (χ0v) is 13.4. The van der Waals surface area contributed by atoms with Crippen LogP contribution in [0.1, 0.15) is 19.4 Å². The normalized spacial score (nSPS) is 27.3. The van der Waals surface area contributed by atoms with Crippen molar-refractivity contribution in [2.45, 2.75) is 32.8 Å². The van der Waals surface area contributed by atoms with Crippen LogP contribution < -0.4 is 10.1 Å². The largest absolute Gasteiger partial charge is 0.573 e. The van der Waals surface area contributed by atoms with E-state index in [1.54, 1.807) is 6.07 Å². The Labute approximate surface area is 134 Å². The number of ether oxygens (including phenoxy) is 1. The maximum Gasteiger partial charge on any atom is 0.573 e. The minimum Gasteiger partial charge on any atom is -0.406 e. The van der Waals surface area contributed by atoms with Crippen LogP contribution in [-0.4, -0.2) is 36.9 Å². The molecule has 1 aliphatic heterocycles. The van der Waals surface area contributed by atoms with Gasteiger partial charge >= 0.3 is 6.36 Å². The molecule has 2 atom stereocenters. The van der Waals surface area contributed by atoms with Gasteiger partial charge in [-0.15, -0.1) is 13.2 Å². The predicted molar refractivity (Wildman–Crippen MR) is 82.0 cm³/mol. The molecule has 1 saturated carbocycles. The van der Waals surface area contributed by atoms with E-state index in [2.05, 4.69) is 28.8 Å². The zero-order chi connectivity index (χ0) is 16.6. The quantitative estimate of drug-likeness (QED) is 0.867. The second kappa shape index (κ2) is 6.32. The first kappa shape index (κ1) is 16.6. The van der Waals surface area contributed by atoms with Gasteiger partial charge in [0, 0.05) is 25.7 Å². The first-order valence-corrected chi connectivity index (χ1v) is 8.13. The maximum atomic E-state index is 12.2. The van der Waals surface area contributed by atoms with E-state index in [4.69, 9.17) is 0 Å². The Hall–Kier alpha value is -1.27. The van der Waals surface area contributed by atoms with E-state index in [-0.39, 0.29) is 5.75 Å². The van der Waals surface area contributed by atoms with Gasteiger partial charge in [-0.2, -0.15) is 0 Å². The fraction of sp³-hybridized carbons (Fsp3) is 0.647. The number of benzene rings is 1. The molecule has 128 valence electrons. The predicted octanol–water partition coefficient (Wildman–Crippen LogP) is 3.26. The average Bonchev–Trinajstić information content (AvgIpc) is 2.90. The van der Waals surface area contributed by atoms with Crippen LogP contribution in [0, 0.1) is 17.8 Å². The van der Waals surface area contributed by atoms with Crippen molar-refractivity contribution >= 4 is 0 Å². The molecule has 1 heterocycles. The summed E-state index contributed by atoms with van der Waals surface area (Å²) < 4.78 is 40.6. The van der Waals surface area contributed by atoms with Crippen LogP contribution in [0.5, 0.6) is 5.75 Å².